The van der Waals surface area contributed by atoms with E-state index in [-0.39, 0.29) is 4.75 Å². The standard InChI is InChI=1S/C12H18O2S2/c1-12(2,15)8-6-10(14-4)11(16-5)7-9(8)13-3/h6-7,15H,1-5H3. The zero-order valence-corrected chi connectivity index (χ0v) is 12.0. The summed E-state index contributed by atoms with van der Waals surface area (Å²) in [5.74, 6) is 1.72. The Morgan fingerprint density at radius 1 is 1.12 bits per heavy atom. The van der Waals surface area contributed by atoms with Gasteiger partial charge in [-0.05, 0) is 32.2 Å². The Kier molecular flexibility index (Phi) is 4.44. The molecule has 16 heavy (non-hydrogen) atoms. The lowest BCUT2D eigenvalue weighted by Crippen LogP contribution is -2.10. The SMILES string of the molecule is COc1cc(C(C)(C)S)c(OC)cc1SC. The highest BCUT2D eigenvalue weighted by Crippen LogP contribution is 2.41. The number of ether oxygens (including phenoxy) is 2. The third kappa shape index (κ3) is 2.80. The first-order valence-electron chi connectivity index (χ1n) is 4.97. The molecular weight excluding hydrogens is 240 g/mol. The molecule has 0 radical (unpaired) electrons. The largest absolute Gasteiger partial charge is 0.496 e. The van der Waals surface area contributed by atoms with Crippen molar-refractivity contribution in [1.29, 1.82) is 0 Å². The van der Waals surface area contributed by atoms with Crippen molar-refractivity contribution >= 4 is 24.4 Å². The van der Waals surface area contributed by atoms with Gasteiger partial charge in [0.05, 0.1) is 19.1 Å². The summed E-state index contributed by atoms with van der Waals surface area (Å²) in [7, 11) is 3.35. The summed E-state index contributed by atoms with van der Waals surface area (Å²) in [6.07, 6.45) is 2.02. The van der Waals surface area contributed by atoms with Crippen LogP contribution in [0.5, 0.6) is 11.5 Å². The van der Waals surface area contributed by atoms with Crippen molar-refractivity contribution in [1.82, 2.24) is 0 Å². The third-order valence-corrected chi connectivity index (χ3v) is 3.36. The molecule has 0 saturated heterocycles. The van der Waals surface area contributed by atoms with Crippen molar-refractivity contribution in [3.63, 3.8) is 0 Å². The Morgan fingerprint density at radius 3 is 2.06 bits per heavy atom. The molecule has 0 fully saturated rings. The van der Waals surface area contributed by atoms with Gasteiger partial charge in [0.25, 0.3) is 0 Å². The van der Waals surface area contributed by atoms with Gasteiger partial charge in [0.2, 0.25) is 0 Å². The minimum Gasteiger partial charge on any atom is -0.496 e. The topological polar surface area (TPSA) is 18.5 Å². The minimum atomic E-state index is -0.254. The molecule has 0 aliphatic rings. The second-order valence-electron chi connectivity index (χ2n) is 3.97. The molecule has 0 saturated carbocycles. The van der Waals surface area contributed by atoms with E-state index in [0.717, 1.165) is 22.0 Å². The van der Waals surface area contributed by atoms with Crippen molar-refractivity contribution < 1.29 is 9.47 Å². The zero-order chi connectivity index (χ0) is 12.3. The Bertz CT molecular complexity index is 370. The van der Waals surface area contributed by atoms with Crippen molar-refractivity contribution in [2.45, 2.75) is 23.5 Å². The summed E-state index contributed by atoms with van der Waals surface area (Å²) in [5, 5.41) is 0. The van der Waals surface area contributed by atoms with Crippen LogP contribution >= 0.6 is 24.4 Å². The monoisotopic (exact) mass is 258 g/mol. The van der Waals surface area contributed by atoms with Gasteiger partial charge < -0.3 is 9.47 Å². The van der Waals surface area contributed by atoms with Crippen LogP contribution in [0.3, 0.4) is 0 Å². The molecule has 1 aromatic rings. The molecule has 2 nitrogen and oxygen atoms in total. The molecule has 0 aromatic heterocycles. The molecule has 0 amide bonds. The van der Waals surface area contributed by atoms with E-state index in [1.807, 2.05) is 32.2 Å². The molecule has 0 aliphatic heterocycles. The fourth-order valence-electron chi connectivity index (χ4n) is 1.51. The molecule has 1 aromatic carbocycles. The van der Waals surface area contributed by atoms with Gasteiger partial charge in [-0.2, -0.15) is 12.6 Å². The van der Waals surface area contributed by atoms with E-state index in [2.05, 4.69) is 12.6 Å². The fourth-order valence-corrected chi connectivity index (χ4v) is 2.25. The summed E-state index contributed by atoms with van der Waals surface area (Å²) < 4.78 is 10.5. The molecule has 0 aliphatic carbocycles. The van der Waals surface area contributed by atoms with E-state index in [9.17, 15) is 0 Å². The number of rotatable bonds is 4. The van der Waals surface area contributed by atoms with Crippen molar-refractivity contribution in [3.8, 4) is 11.5 Å². The van der Waals surface area contributed by atoms with Crippen LogP contribution in [-0.4, -0.2) is 20.5 Å². The number of methoxy groups -OCH3 is 2. The van der Waals surface area contributed by atoms with Gasteiger partial charge in [0.15, 0.2) is 0 Å². The summed E-state index contributed by atoms with van der Waals surface area (Å²) in [5.41, 5.74) is 1.04. The molecule has 0 atom stereocenters. The zero-order valence-electron chi connectivity index (χ0n) is 10.3. The van der Waals surface area contributed by atoms with E-state index in [0.29, 0.717) is 0 Å². The van der Waals surface area contributed by atoms with Gasteiger partial charge in [-0.25, -0.2) is 0 Å². The molecule has 0 bridgehead atoms. The van der Waals surface area contributed by atoms with E-state index < -0.39 is 0 Å². The van der Waals surface area contributed by atoms with Crippen LogP contribution in [0.2, 0.25) is 0 Å². The van der Waals surface area contributed by atoms with Gasteiger partial charge in [-0.3, -0.25) is 0 Å². The summed E-state index contributed by atoms with van der Waals surface area (Å²) in [6, 6.07) is 3.99. The van der Waals surface area contributed by atoms with Crippen LogP contribution in [0.1, 0.15) is 19.4 Å². The van der Waals surface area contributed by atoms with E-state index in [1.165, 1.54) is 0 Å². The molecule has 4 heteroatoms. The second-order valence-corrected chi connectivity index (χ2v) is 5.93. The first-order chi connectivity index (χ1) is 7.43. The van der Waals surface area contributed by atoms with Crippen LogP contribution in [0.25, 0.3) is 0 Å². The predicted octanol–water partition coefficient (Wildman–Crippen LogP) is 3.59. The van der Waals surface area contributed by atoms with Gasteiger partial charge in [-0.15, -0.1) is 11.8 Å². The van der Waals surface area contributed by atoms with E-state index in [1.54, 1.807) is 26.0 Å². The Morgan fingerprint density at radius 2 is 1.69 bits per heavy atom. The van der Waals surface area contributed by atoms with Gasteiger partial charge in [0, 0.05) is 10.3 Å². The normalized spacial score (nSPS) is 11.4. The first kappa shape index (κ1) is 13.6. The molecule has 0 unspecified atom stereocenters. The van der Waals surface area contributed by atoms with E-state index in [4.69, 9.17) is 9.47 Å². The third-order valence-electron chi connectivity index (χ3n) is 2.36. The maximum atomic E-state index is 5.40. The lowest BCUT2D eigenvalue weighted by atomic mass is 10.0. The average Bonchev–Trinajstić information content (AvgIpc) is 2.25. The summed E-state index contributed by atoms with van der Waals surface area (Å²) in [4.78, 5) is 1.07. The number of benzene rings is 1. The minimum absolute atomic E-state index is 0.254. The molecule has 0 N–H and O–H groups in total. The molecule has 0 spiro atoms. The number of thioether (sulfide) groups is 1. The lowest BCUT2D eigenvalue weighted by Gasteiger charge is -2.23. The summed E-state index contributed by atoms with van der Waals surface area (Å²) >= 11 is 6.21. The Hall–Kier alpha value is -0.480. The van der Waals surface area contributed by atoms with E-state index >= 15 is 0 Å². The van der Waals surface area contributed by atoms with Crippen molar-refractivity contribution in [2.24, 2.45) is 0 Å². The fraction of sp³-hybridized carbons (Fsp3) is 0.500. The maximum absolute atomic E-state index is 5.40. The predicted molar refractivity (Wildman–Crippen MR) is 73.3 cm³/mol. The highest BCUT2D eigenvalue weighted by molar-refractivity contribution is 7.98. The highest BCUT2D eigenvalue weighted by atomic mass is 32.2. The first-order valence-corrected chi connectivity index (χ1v) is 6.64. The van der Waals surface area contributed by atoms with Crippen molar-refractivity contribution in [2.75, 3.05) is 20.5 Å². The van der Waals surface area contributed by atoms with Crippen LogP contribution in [-0.2, 0) is 4.75 Å². The highest BCUT2D eigenvalue weighted by Gasteiger charge is 2.22. The molecular formula is C12H18O2S2. The number of hydrogen-bond acceptors (Lipinski definition) is 4. The number of thiol groups is 1. The quantitative estimate of drug-likeness (QED) is 0.657. The Balaban J connectivity index is 3.38. The Labute approximate surface area is 107 Å². The maximum Gasteiger partial charge on any atom is 0.133 e. The van der Waals surface area contributed by atoms with Crippen LogP contribution in [0.15, 0.2) is 17.0 Å². The van der Waals surface area contributed by atoms with Crippen LogP contribution < -0.4 is 9.47 Å². The summed E-state index contributed by atoms with van der Waals surface area (Å²) in [6.45, 7) is 4.07. The number of hydrogen-bond donors (Lipinski definition) is 1. The smallest absolute Gasteiger partial charge is 0.133 e. The molecule has 1 rings (SSSR count). The van der Waals surface area contributed by atoms with Crippen molar-refractivity contribution in [3.05, 3.63) is 17.7 Å². The van der Waals surface area contributed by atoms with Crippen LogP contribution in [0.4, 0.5) is 0 Å². The molecule has 0 heterocycles. The second kappa shape index (κ2) is 5.23. The molecule has 90 valence electrons. The van der Waals surface area contributed by atoms with Crippen LogP contribution in [0, 0.1) is 0 Å². The lowest BCUT2D eigenvalue weighted by molar-refractivity contribution is 0.387. The average molecular weight is 258 g/mol. The van der Waals surface area contributed by atoms with Gasteiger partial charge in [-0.1, -0.05) is 0 Å². The van der Waals surface area contributed by atoms with Gasteiger partial charge >= 0.3 is 0 Å². The van der Waals surface area contributed by atoms with Gasteiger partial charge in [0.1, 0.15) is 11.5 Å².